The van der Waals surface area contributed by atoms with Crippen LogP contribution >= 0.6 is 0 Å². The van der Waals surface area contributed by atoms with Crippen molar-refractivity contribution in [1.29, 1.82) is 0 Å². The number of phenols is 1. The Morgan fingerprint density at radius 1 is 1.09 bits per heavy atom. The van der Waals surface area contributed by atoms with E-state index in [2.05, 4.69) is 25.6 Å². The number of nitrogens with zero attached hydrogens (tertiary/aromatic N) is 3. The van der Waals surface area contributed by atoms with Gasteiger partial charge in [0.05, 0.1) is 18.4 Å². The first-order valence-electron chi connectivity index (χ1n) is 6.93. The fourth-order valence-corrected chi connectivity index (χ4v) is 1.93. The molecule has 0 aliphatic heterocycles. The van der Waals surface area contributed by atoms with E-state index in [1.807, 2.05) is 18.2 Å². The lowest BCUT2D eigenvalue weighted by Gasteiger charge is -2.09. The van der Waals surface area contributed by atoms with Crippen LogP contribution in [0.25, 0.3) is 0 Å². The van der Waals surface area contributed by atoms with Crippen molar-refractivity contribution in [3.63, 3.8) is 0 Å². The summed E-state index contributed by atoms with van der Waals surface area (Å²) in [4.78, 5) is 12.2. The van der Waals surface area contributed by atoms with E-state index in [4.69, 9.17) is 0 Å². The minimum atomic E-state index is -0.586. The Kier molecular flexibility index (Phi) is 4.28. The Morgan fingerprint density at radius 2 is 2.00 bits per heavy atom. The van der Waals surface area contributed by atoms with E-state index in [9.17, 15) is 9.50 Å². The molecule has 7 heteroatoms. The Morgan fingerprint density at radius 3 is 2.78 bits per heavy atom. The minimum absolute atomic E-state index is 0.0223. The summed E-state index contributed by atoms with van der Waals surface area (Å²) >= 11 is 0. The van der Waals surface area contributed by atoms with Crippen LogP contribution in [0.2, 0.25) is 0 Å². The molecular formula is C16H14FN5O. The van der Waals surface area contributed by atoms with Crippen molar-refractivity contribution < 1.29 is 9.50 Å². The number of hydrogen-bond donors (Lipinski definition) is 3. The molecule has 0 fully saturated rings. The van der Waals surface area contributed by atoms with E-state index < -0.39 is 5.82 Å². The predicted octanol–water partition coefficient (Wildman–Crippen LogP) is 3.07. The molecule has 0 saturated carbocycles. The normalized spacial score (nSPS) is 10.3. The molecule has 0 bridgehead atoms. The molecular weight excluding hydrogens is 297 g/mol. The zero-order valence-corrected chi connectivity index (χ0v) is 12.1. The Labute approximate surface area is 132 Å². The van der Waals surface area contributed by atoms with Crippen LogP contribution in [-0.4, -0.2) is 20.1 Å². The number of hydrogen-bond acceptors (Lipinski definition) is 6. The van der Waals surface area contributed by atoms with Gasteiger partial charge in [0, 0.05) is 18.0 Å². The smallest absolute Gasteiger partial charge is 0.225 e. The van der Waals surface area contributed by atoms with Crippen molar-refractivity contribution in [3.8, 4) is 5.75 Å². The monoisotopic (exact) mass is 311 g/mol. The highest BCUT2D eigenvalue weighted by atomic mass is 19.1. The van der Waals surface area contributed by atoms with Crippen LogP contribution < -0.4 is 10.6 Å². The molecule has 1 aromatic carbocycles. The Balaban J connectivity index is 1.74. The van der Waals surface area contributed by atoms with Gasteiger partial charge in [-0.15, -0.1) is 0 Å². The third kappa shape index (κ3) is 3.91. The number of phenolic OH excluding ortho intramolecular Hbond substituents is 1. The van der Waals surface area contributed by atoms with Gasteiger partial charge >= 0.3 is 0 Å². The van der Waals surface area contributed by atoms with Crippen LogP contribution in [0, 0.1) is 5.82 Å². The van der Waals surface area contributed by atoms with Crippen molar-refractivity contribution in [2.45, 2.75) is 6.54 Å². The molecule has 0 radical (unpaired) electrons. The molecule has 0 aliphatic rings. The highest BCUT2D eigenvalue weighted by molar-refractivity contribution is 5.59. The van der Waals surface area contributed by atoms with E-state index in [0.717, 1.165) is 11.9 Å². The third-order valence-corrected chi connectivity index (χ3v) is 3.01. The fourth-order valence-electron chi connectivity index (χ4n) is 1.93. The molecule has 3 rings (SSSR count). The van der Waals surface area contributed by atoms with Crippen LogP contribution in [0.3, 0.4) is 0 Å². The van der Waals surface area contributed by atoms with Crippen LogP contribution in [-0.2, 0) is 6.54 Å². The number of aromatic hydroxyl groups is 1. The van der Waals surface area contributed by atoms with Crippen LogP contribution in [0.5, 0.6) is 5.75 Å². The van der Waals surface area contributed by atoms with E-state index in [-0.39, 0.29) is 17.5 Å². The van der Waals surface area contributed by atoms with Gasteiger partial charge in [0.2, 0.25) is 5.95 Å². The number of benzene rings is 1. The maximum atomic E-state index is 13.8. The van der Waals surface area contributed by atoms with Gasteiger partial charge in [0.15, 0.2) is 11.6 Å². The van der Waals surface area contributed by atoms with Gasteiger partial charge in [-0.1, -0.05) is 12.1 Å². The highest BCUT2D eigenvalue weighted by Gasteiger charge is 2.08. The van der Waals surface area contributed by atoms with Crippen LogP contribution in [0.1, 0.15) is 5.69 Å². The average molecular weight is 311 g/mol. The Hall–Kier alpha value is -3.22. The zero-order valence-electron chi connectivity index (χ0n) is 12.1. The third-order valence-electron chi connectivity index (χ3n) is 3.01. The summed E-state index contributed by atoms with van der Waals surface area (Å²) in [7, 11) is 0. The quantitative estimate of drug-likeness (QED) is 0.671. The molecule has 6 nitrogen and oxygen atoms in total. The number of pyridine rings is 1. The maximum absolute atomic E-state index is 13.8. The predicted molar refractivity (Wildman–Crippen MR) is 84.9 cm³/mol. The average Bonchev–Trinajstić information content (AvgIpc) is 2.57. The number of nitrogens with one attached hydrogen (secondary N) is 2. The van der Waals surface area contributed by atoms with Gasteiger partial charge in [-0.25, -0.2) is 9.37 Å². The number of aromatic nitrogens is 3. The largest absolute Gasteiger partial charge is 0.508 e. The van der Waals surface area contributed by atoms with E-state index in [1.165, 1.54) is 12.1 Å². The molecule has 3 aromatic rings. The standard InChI is InChI=1S/C16H14FN5O/c17-14-10-20-16(19-9-12-4-1-2-7-18-12)22-15(14)21-11-5-3-6-13(23)8-11/h1-8,10,23H,9H2,(H2,19,20,21,22). The topological polar surface area (TPSA) is 83.0 Å². The summed E-state index contributed by atoms with van der Waals surface area (Å²) in [5.41, 5.74) is 1.35. The molecule has 2 aromatic heterocycles. The van der Waals surface area contributed by atoms with Crippen LogP contribution in [0.4, 0.5) is 21.8 Å². The highest BCUT2D eigenvalue weighted by Crippen LogP contribution is 2.21. The minimum Gasteiger partial charge on any atom is -0.508 e. The van der Waals surface area contributed by atoms with Gasteiger partial charge in [0.25, 0.3) is 0 Å². The number of halogens is 1. The molecule has 0 spiro atoms. The van der Waals surface area contributed by atoms with Gasteiger partial charge < -0.3 is 15.7 Å². The summed E-state index contributed by atoms with van der Waals surface area (Å²) in [5.74, 6) is -0.205. The molecule has 3 N–H and O–H groups in total. The van der Waals surface area contributed by atoms with Crippen LogP contribution in [0.15, 0.2) is 54.9 Å². The summed E-state index contributed by atoms with van der Waals surface area (Å²) in [6, 6.07) is 11.9. The second-order valence-electron chi connectivity index (χ2n) is 4.74. The SMILES string of the molecule is Oc1cccc(Nc2nc(NCc3ccccn3)ncc2F)c1. The molecule has 0 atom stereocenters. The van der Waals surface area contributed by atoms with Gasteiger partial charge in [-0.05, 0) is 24.3 Å². The zero-order chi connectivity index (χ0) is 16.1. The lowest BCUT2D eigenvalue weighted by Crippen LogP contribution is -2.07. The molecule has 0 unspecified atom stereocenters. The summed E-state index contributed by atoms with van der Waals surface area (Å²) in [6.07, 6.45) is 2.77. The lowest BCUT2D eigenvalue weighted by atomic mass is 10.3. The van der Waals surface area contributed by atoms with Gasteiger partial charge in [-0.3, -0.25) is 4.98 Å². The van der Waals surface area contributed by atoms with Crippen molar-refractivity contribution in [1.82, 2.24) is 15.0 Å². The maximum Gasteiger partial charge on any atom is 0.225 e. The first-order valence-corrected chi connectivity index (χ1v) is 6.93. The summed E-state index contributed by atoms with van der Waals surface area (Å²) in [6.45, 7) is 0.429. The lowest BCUT2D eigenvalue weighted by molar-refractivity contribution is 0.475. The van der Waals surface area contributed by atoms with E-state index in [0.29, 0.717) is 12.2 Å². The van der Waals surface area contributed by atoms with E-state index >= 15 is 0 Å². The summed E-state index contributed by atoms with van der Waals surface area (Å²) in [5, 5.41) is 15.2. The first kappa shape index (κ1) is 14.7. The molecule has 2 heterocycles. The fraction of sp³-hybridized carbons (Fsp3) is 0.0625. The second kappa shape index (κ2) is 6.69. The molecule has 0 aliphatic carbocycles. The van der Waals surface area contributed by atoms with Gasteiger partial charge in [-0.2, -0.15) is 4.98 Å². The van der Waals surface area contributed by atoms with Crippen molar-refractivity contribution in [2.75, 3.05) is 10.6 Å². The number of rotatable bonds is 5. The van der Waals surface area contributed by atoms with Crippen molar-refractivity contribution in [3.05, 3.63) is 66.4 Å². The molecule has 116 valence electrons. The number of anilines is 3. The Bertz CT molecular complexity index is 797. The first-order chi connectivity index (χ1) is 11.2. The van der Waals surface area contributed by atoms with E-state index in [1.54, 1.807) is 18.3 Å². The molecule has 23 heavy (non-hydrogen) atoms. The van der Waals surface area contributed by atoms with Crippen molar-refractivity contribution in [2.24, 2.45) is 0 Å². The summed E-state index contributed by atoms with van der Waals surface area (Å²) < 4.78 is 13.8. The van der Waals surface area contributed by atoms with Crippen molar-refractivity contribution >= 4 is 17.5 Å². The molecule has 0 saturated heterocycles. The molecule has 0 amide bonds. The second-order valence-corrected chi connectivity index (χ2v) is 4.74. The van der Waals surface area contributed by atoms with Gasteiger partial charge in [0.1, 0.15) is 5.75 Å².